The highest BCUT2D eigenvalue weighted by molar-refractivity contribution is 7.13. The predicted molar refractivity (Wildman–Crippen MR) is 124 cm³/mol. The van der Waals surface area contributed by atoms with E-state index in [-0.39, 0.29) is 43.8 Å². The summed E-state index contributed by atoms with van der Waals surface area (Å²) in [4.78, 5) is 46.1. The summed E-state index contributed by atoms with van der Waals surface area (Å²) < 4.78 is 26.6. The van der Waals surface area contributed by atoms with E-state index in [4.69, 9.17) is 0 Å². The summed E-state index contributed by atoms with van der Waals surface area (Å²) in [5.41, 5.74) is 0.344. The van der Waals surface area contributed by atoms with Crippen molar-refractivity contribution in [3.05, 3.63) is 47.0 Å². The Bertz CT molecular complexity index is 1030. The Hall–Kier alpha value is -2.88. The van der Waals surface area contributed by atoms with Crippen molar-refractivity contribution in [3.8, 4) is 0 Å². The van der Waals surface area contributed by atoms with Gasteiger partial charge in [-0.1, -0.05) is 38.2 Å². The molecule has 0 radical (unpaired) electrons. The van der Waals surface area contributed by atoms with Crippen LogP contribution in [0, 0.1) is 17.6 Å². The van der Waals surface area contributed by atoms with Crippen molar-refractivity contribution < 1.29 is 23.2 Å². The number of thiazole rings is 1. The minimum Gasteiger partial charge on any atom is -0.331 e. The number of nitrogens with one attached hydrogen (secondary N) is 1. The molecule has 0 unspecified atom stereocenters. The van der Waals surface area contributed by atoms with Crippen LogP contribution in [-0.4, -0.2) is 58.2 Å². The first kappa shape index (κ1) is 24.3. The van der Waals surface area contributed by atoms with Gasteiger partial charge >= 0.3 is 0 Å². The minimum atomic E-state index is -1.01. The molecule has 1 aliphatic carbocycles. The van der Waals surface area contributed by atoms with Crippen LogP contribution in [-0.2, 0) is 20.8 Å². The smallest absolute Gasteiger partial charge is 0.248 e. The topological polar surface area (TPSA) is 82.6 Å². The van der Waals surface area contributed by atoms with Crippen molar-refractivity contribution in [3.63, 3.8) is 0 Å². The molecule has 0 spiro atoms. The fourth-order valence-corrected chi connectivity index (χ4v) is 5.28. The number of piperazine rings is 1. The molecule has 1 saturated heterocycles. The third-order valence-corrected chi connectivity index (χ3v) is 7.26. The Morgan fingerprint density at radius 1 is 1.15 bits per heavy atom. The number of aromatic nitrogens is 1. The molecule has 34 heavy (non-hydrogen) atoms. The fraction of sp³-hybridized carbons (Fsp3) is 0.500. The number of nitrogens with zero attached hydrogens (tertiary/aromatic N) is 3. The molecule has 3 amide bonds. The lowest BCUT2D eigenvalue weighted by atomic mass is 9.84. The summed E-state index contributed by atoms with van der Waals surface area (Å²) in [7, 11) is 0. The van der Waals surface area contributed by atoms with E-state index in [1.54, 1.807) is 16.5 Å². The average Bonchev–Trinajstić information content (AvgIpc) is 3.34. The van der Waals surface area contributed by atoms with Crippen LogP contribution < -0.4 is 5.32 Å². The molecule has 1 aliphatic heterocycles. The molecule has 2 fully saturated rings. The quantitative estimate of drug-likeness (QED) is 0.643. The van der Waals surface area contributed by atoms with Crippen LogP contribution in [0.1, 0.15) is 44.1 Å². The van der Waals surface area contributed by atoms with E-state index in [9.17, 15) is 23.2 Å². The minimum absolute atomic E-state index is 0.124. The summed E-state index contributed by atoms with van der Waals surface area (Å²) in [6.07, 6.45) is 7.62. The highest BCUT2D eigenvalue weighted by Crippen LogP contribution is 2.30. The van der Waals surface area contributed by atoms with E-state index < -0.39 is 17.7 Å². The molecule has 2 heterocycles. The number of benzene rings is 1. The third kappa shape index (κ3) is 5.97. The van der Waals surface area contributed by atoms with E-state index in [0.717, 1.165) is 37.8 Å². The van der Waals surface area contributed by atoms with Crippen LogP contribution in [0.3, 0.4) is 0 Å². The summed E-state index contributed by atoms with van der Waals surface area (Å²) in [5.74, 6) is -2.49. The predicted octanol–water partition coefficient (Wildman–Crippen LogP) is 3.61. The molecule has 2 aromatic rings. The SMILES string of the molecule is O=C(Nc1nccs1)[C@H](CC1CCCCC1)N1CCN(C(=O)Cc2ccc(F)c(F)c2)CC1=O. The van der Waals surface area contributed by atoms with E-state index >= 15 is 0 Å². The van der Waals surface area contributed by atoms with Crippen LogP contribution in [0.5, 0.6) is 0 Å². The Morgan fingerprint density at radius 2 is 1.94 bits per heavy atom. The van der Waals surface area contributed by atoms with Gasteiger partial charge in [-0.2, -0.15) is 0 Å². The number of halogens is 2. The average molecular weight is 491 g/mol. The number of carbonyl (C=O) groups excluding carboxylic acids is 3. The standard InChI is InChI=1S/C24H28F2N4O3S/c25-18-7-6-17(12-19(18)26)14-21(31)29-9-10-30(22(32)15-29)20(13-16-4-2-1-3-5-16)23(33)28-24-27-8-11-34-24/h6-8,11-12,16,20H,1-5,9-10,13-15H2,(H,27,28,33)/t20-/m0/s1. The Balaban J connectivity index is 1.41. The zero-order valence-corrected chi connectivity index (χ0v) is 19.7. The molecule has 1 aromatic carbocycles. The molecule has 10 heteroatoms. The lowest BCUT2D eigenvalue weighted by molar-refractivity contribution is -0.149. The van der Waals surface area contributed by atoms with Gasteiger partial charge in [0.2, 0.25) is 17.7 Å². The molecule has 7 nitrogen and oxygen atoms in total. The maximum atomic E-state index is 13.5. The van der Waals surface area contributed by atoms with Crippen molar-refractivity contribution in [1.82, 2.24) is 14.8 Å². The second-order valence-electron chi connectivity index (χ2n) is 8.91. The summed E-state index contributed by atoms with van der Waals surface area (Å²) in [5, 5.41) is 5.10. The van der Waals surface area contributed by atoms with Gasteiger partial charge in [0, 0.05) is 24.7 Å². The molecule has 0 bridgehead atoms. The lowest BCUT2D eigenvalue weighted by Crippen LogP contribution is -2.58. The monoisotopic (exact) mass is 490 g/mol. The Labute approximate surface area is 201 Å². The van der Waals surface area contributed by atoms with Crippen LogP contribution in [0.25, 0.3) is 0 Å². The van der Waals surface area contributed by atoms with Gasteiger partial charge in [-0.3, -0.25) is 14.4 Å². The van der Waals surface area contributed by atoms with Crippen molar-refractivity contribution in [2.75, 3.05) is 25.0 Å². The summed E-state index contributed by atoms with van der Waals surface area (Å²) in [6.45, 7) is 0.374. The van der Waals surface area contributed by atoms with Crippen molar-refractivity contribution in [2.24, 2.45) is 5.92 Å². The number of carbonyl (C=O) groups is 3. The van der Waals surface area contributed by atoms with E-state index in [1.165, 1.54) is 28.7 Å². The number of hydrogen-bond acceptors (Lipinski definition) is 5. The molecule has 182 valence electrons. The molecule has 1 atom stereocenters. The molecule has 1 aromatic heterocycles. The van der Waals surface area contributed by atoms with Gasteiger partial charge in [0.05, 0.1) is 13.0 Å². The lowest BCUT2D eigenvalue weighted by Gasteiger charge is -2.39. The third-order valence-electron chi connectivity index (χ3n) is 6.57. The first-order chi connectivity index (χ1) is 16.4. The second kappa shape index (κ2) is 11.0. The van der Waals surface area contributed by atoms with E-state index in [0.29, 0.717) is 23.0 Å². The van der Waals surface area contributed by atoms with Crippen LogP contribution >= 0.6 is 11.3 Å². The van der Waals surface area contributed by atoms with E-state index in [1.807, 2.05) is 0 Å². The maximum Gasteiger partial charge on any atom is 0.248 e. The Morgan fingerprint density at radius 3 is 2.62 bits per heavy atom. The number of hydrogen-bond donors (Lipinski definition) is 1. The van der Waals surface area contributed by atoms with Crippen molar-refractivity contribution in [2.45, 2.75) is 51.0 Å². The molecule has 2 aliphatic rings. The summed E-state index contributed by atoms with van der Waals surface area (Å²) >= 11 is 1.32. The van der Waals surface area contributed by atoms with Crippen LogP contribution in [0.15, 0.2) is 29.8 Å². The molecule has 1 N–H and O–H groups in total. The largest absolute Gasteiger partial charge is 0.331 e. The molecule has 4 rings (SSSR count). The number of rotatable bonds is 7. The number of amides is 3. The van der Waals surface area contributed by atoms with Gasteiger partial charge in [-0.05, 0) is 30.0 Å². The van der Waals surface area contributed by atoms with Crippen LogP contribution in [0.2, 0.25) is 0 Å². The van der Waals surface area contributed by atoms with E-state index in [2.05, 4.69) is 10.3 Å². The Kier molecular flexibility index (Phi) is 7.87. The fourth-order valence-electron chi connectivity index (χ4n) is 4.75. The van der Waals surface area contributed by atoms with Crippen molar-refractivity contribution >= 4 is 34.2 Å². The van der Waals surface area contributed by atoms with Gasteiger partial charge in [-0.25, -0.2) is 13.8 Å². The van der Waals surface area contributed by atoms with Gasteiger partial charge < -0.3 is 15.1 Å². The molecular formula is C24H28F2N4O3S. The highest BCUT2D eigenvalue weighted by Gasteiger charge is 2.37. The zero-order chi connectivity index (χ0) is 24.1. The normalized spacial score (nSPS) is 18.1. The van der Waals surface area contributed by atoms with Gasteiger partial charge in [0.15, 0.2) is 16.8 Å². The highest BCUT2D eigenvalue weighted by atomic mass is 32.1. The molecule has 1 saturated carbocycles. The first-order valence-corrected chi connectivity index (χ1v) is 12.5. The number of anilines is 1. The van der Waals surface area contributed by atoms with Gasteiger partial charge in [0.25, 0.3) is 0 Å². The van der Waals surface area contributed by atoms with Gasteiger partial charge in [-0.15, -0.1) is 11.3 Å². The van der Waals surface area contributed by atoms with Crippen LogP contribution in [0.4, 0.5) is 13.9 Å². The first-order valence-electron chi connectivity index (χ1n) is 11.6. The second-order valence-corrected chi connectivity index (χ2v) is 9.80. The maximum absolute atomic E-state index is 13.5. The van der Waals surface area contributed by atoms with Gasteiger partial charge in [0.1, 0.15) is 6.04 Å². The molecular weight excluding hydrogens is 462 g/mol. The van der Waals surface area contributed by atoms with Crippen molar-refractivity contribution in [1.29, 1.82) is 0 Å². The zero-order valence-electron chi connectivity index (χ0n) is 18.8. The summed E-state index contributed by atoms with van der Waals surface area (Å²) in [6, 6.07) is 2.71.